The van der Waals surface area contributed by atoms with Gasteiger partial charge < -0.3 is 4.90 Å². The van der Waals surface area contributed by atoms with Crippen LogP contribution in [0.25, 0.3) is 0 Å². The van der Waals surface area contributed by atoms with E-state index >= 15 is 0 Å². The molecule has 0 aromatic heterocycles. The Morgan fingerprint density at radius 1 is 0.958 bits per heavy atom. The zero-order chi connectivity index (χ0) is 17.2. The van der Waals surface area contributed by atoms with Crippen molar-refractivity contribution in [1.82, 2.24) is 4.90 Å². The second-order valence-electron chi connectivity index (χ2n) is 5.83. The van der Waals surface area contributed by atoms with Crippen LogP contribution in [0.2, 0.25) is 0 Å². The minimum Gasteiger partial charge on any atom is -0.338 e. The van der Waals surface area contributed by atoms with E-state index in [1.54, 1.807) is 36.4 Å². The number of hydrogen-bond donors (Lipinski definition) is 0. The average molecular weight is 347 g/mol. The third kappa shape index (κ3) is 3.19. The van der Waals surface area contributed by atoms with Crippen LogP contribution in [-0.2, 0) is 9.84 Å². The standard InChI is InChI=1S/C18H18FNO3S/c19-17-9-5-4-8-16(17)18(21)20-12-10-15(11-13-20)24(22,23)14-6-2-1-3-7-14/h1-9,15H,10-13H2. The Kier molecular flexibility index (Phi) is 4.66. The normalized spacial score (nSPS) is 16.1. The van der Waals surface area contributed by atoms with E-state index in [0.29, 0.717) is 30.8 Å². The molecule has 0 unspecified atom stereocenters. The second kappa shape index (κ2) is 6.73. The number of carbonyl (C=O) groups is 1. The molecule has 4 nitrogen and oxygen atoms in total. The van der Waals surface area contributed by atoms with Crippen LogP contribution in [-0.4, -0.2) is 37.6 Å². The lowest BCUT2D eigenvalue weighted by molar-refractivity contribution is 0.0721. The predicted octanol–water partition coefficient (Wildman–Crippen LogP) is 2.90. The summed E-state index contributed by atoms with van der Waals surface area (Å²) in [5.41, 5.74) is 0.0295. The van der Waals surface area contributed by atoms with Crippen LogP contribution < -0.4 is 0 Å². The SMILES string of the molecule is O=C(c1ccccc1F)N1CCC(S(=O)(=O)c2ccccc2)CC1. The summed E-state index contributed by atoms with van der Waals surface area (Å²) in [6.07, 6.45) is 0.717. The Bertz CT molecular complexity index is 828. The first kappa shape index (κ1) is 16.6. The van der Waals surface area contributed by atoms with E-state index in [2.05, 4.69) is 0 Å². The molecule has 1 amide bonds. The number of amides is 1. The average Bonchev–Trinajstić information content (AvgIpc) is 2.62. The molecule has 0 spiro atoms. The summed E-state index contributed by atoms with van der Waals surface area (Å²) in [7, 11) is -3.40. The number of carbonyl (C=O) groups excluding carboxylic acids is 1. The van der Waals surface area contributed by atoms with E-state index in [4.69, 9.17) is 0 Å². The summed E-state index contributed by atoms with van der Waals surface area (Å²) in [4.78, 5) is 14.2. The first-order valence-electron chi connectivity index (χ1n) is 7.83. The lowest BCUT2D eigenvalue weighted by Gasteiger charge is -2.31. The Hall–Kier alpha value is -2.21. The number of rotatable bonds is 3. The van der Waals surface area contributed by atoms with Crippen molar-refractivity contribution in [3.8, 4) is 0 Å². The van der Waals surface area contributed by atoms with Gasteiger partial charge in [0.2, 0.25) is 0 Å². The minimum absolute atomic E-state index is 0.0295. The molecule has 1 heterocycles. The Morgan fingerprint density at radius 2 is 1.54 bits per heavy atom. The molecule has 126 valence electrons. The fourth-order valence-corrected chi connectivity index (χ4v) is 4.73. The molecule has 1 aliphatic heterocycles. The van der Waals surface area contributed by atoms with Gasteiger partial charge >= 0.3 is 0 Å². The van der Waals surface area contributed by atoms with Crippen molar-refractivity contribution in [2.75, 3.05) is 13.1 Å². The maximum absolute atomic E-state index is 13.7. The van der Waals surface area contributed by atoms with Crippen LogP contribution in [0.3, 0.4) is 0 Å². The minimum atomic E-state index is -3.40. The number of piperidine rings is 1. The van der Waals surface area contributed by atoms with Crippen LogP contribution in [0.4, 0.5) is 4.39 Å². The Labute approximate surface area is 140 Å². The van der Waals surface area contributed by atoms with Gasteiger partial charge in [-0.25, -0.2) is 12.8 Å². The first-order valence-corrected chi connectivity index (χ1v) is 9.37. The summed E-state index contributed by atoms with van der Waals surface area (Å²) in [6, 6.07) is 14.2. The molecule has 0 radical (unpaired) electrons. The molecule has 2 aromatic carbocycles. The smallest absolute Gasteiger partial charge is 0.256 e. The maximum Gasteiger partial charge on any atom is 0.256 e. The van der Waals surface area contributed by atoms with Crippen molar-refractivity contribution in [2.45, 2.75) is 23.0 Å². The van der Waals surface area contributed by atoms with E-state index in [1.165, 1.54) is 23.1 Å². The largest absolute Gasteiger partial charge is 0.338 e. The summed E-state index contributed by atoms with van der Waals surface area (Å²) >= 11 is 0. The van der Waals surface area contributed by atoms with Gasteiger partial charge in [0, 0.05) is 13.1 Å². The van der Waals surface area contributed by atoms with Gasteiger partial charge in [-0.3, -0.25) is 4.79 Å². The summed E-state index contributed by atoms with van der Waals surface area (Å²) in [6.45, 7) is 0.619. The number of likely N-dealkylation sites (tertiary alicyclic amines) is 1. The fraction of sp³-hybridized carbons (Fsp3) is 0.278. The molecule has 0 bridgehead atoms. The number of nitrogens with zero attached hydrogens (tertiary/aromatic N) is 1. The highest BCUT2D eigenvalue weighted by Gasteiger charge is 2.33. The quantitative estimate of drug-likeness (QED) is 0.858. The van der Waals surface area contributed by atoms with Crippen LogP contribution in [0.15, 0.2) is 59.5 Å². The number of hydrogen-bond acceptors (Lipinski definition) is 3. The first-order chi connectivity index (χ1) is 11.5. The van der Waals surface area contributed by atoms with Crippen LogP contribution in [0.5, 0.6) is 0 Å². The van der Waals surface area contributed by atoms with E-state index in [0.717, 1.165) is 0 Å². The Morgan fingerprint density at radius 3 is 2.17 bits per heavy atom. The zero-order valence-corrected chi connectivity index (χ0v) is 13.9. The lowest BCUT2D eigenvalue weighted by Crippen LogP contribution is -2.42. The monoisotopic (exact) mass is 347 g/mol. The van der Waals surface area contributed by atoms with Gasteiger partial charge in [0.25, 0.3) is 5.91 Å². The summed E-state index contributed by atoms with van der Waals surface area (Å²) < 4.78 is 39.0. The summed E-state index contributed by atoms with van der Waals surface area (Å²) in [5, 5.41) is -0.510. The Balaban J connectivity index is 1.70. The molecule has 0 atom stereocenters. The van der Waals surface area contributed by atoms with Crippen LogP contribution in [0.1, 0.15) is 23.2 Å². The van der Waals surface area contributed by atoms with Gasteiger partial charge in [-0.15, -0.1) is 0 Å². The van der Waals surface area contributed by atoms with E-state index in [9.17, 15) is 17.6 Å². The zero-order valence-electron chi connectivity index (χ0n) is 13.1. The number of benzene rings is 2. The number of sulfone groups is 1. The van der Waals surface area contributed by atoms with E-state index in [1.807, 2.05) is 0 Å². The highest BCUT2D eigenvalue weighted by Crippen LogP contribution is 2.25. The molecule has 3 rings (SSSR count). The molecular formula is C18H18FNO3S. The highest BCUT2D eigenvalue weighted by molar-refractivity contribution is 7.92. The predicted molar refractivity (Wildman–Crippen MR) is 89.0 cm³/mol. The third-order valence-electron chi connectivity index (χ3n) is 4.34. The second-order valence-corrected chi connectivity index (χ2v) is 8.06. The highest BCUT2D eigenvalue weighted by atomic mass is 32.2. The van der Waals surface area contributed by atoms with Crippen molar-refractivity contribution >= 4 is 15.7 Å². The van der Waals surface area contributed by atoms with Gasteiger partial charge in [0.1, 0.15) is 5.82 Å². The van der Waals surface area contributed by atoms with Crippen molar-refractivity contribution in [1.29, 1.82) is 0 Å². The van der Waals surface area contributed by atoms with Crippen molar-refractivity contribution in [2.24, 2.45) is 0 Å². The van der Waals surface area contributed by atoms with Gasteiger partial charge in [0.15, 0.2) is 9.84 Å². The molecule has 2 aromatic rings. The van der Waals surface area contributed by atoms with Crippen molar-refractivity contribution < 1.29 is 17.6 Å². The van der Waals surface area contributed by atoms with Crippen LogP contribution >= 0.6 is 0 Å². The summed E-state index contributed by atoms with van der Waals surface area (Å²) in [5.74, 6) is -0.940. The van der Waals surface area contributed by atoms with Crippen LogP contribution in [0, 0.1) is 5.82 Å². The van der Waals surface area contributed by atoms with Gasteiger partial charge in [-0.05, 0) is 37.1 Å². The molecule has 1 aliphatic rings. The molecular weight excluding hydrogens is 329 g/mol. The lowest BCUT2D eigenvalue weighted by atomic mass is 10.1. The molecule has 0 saturated carbocycles. The third-order valence-corrected chi connectivity index (χ3v) is 6.62. The van der Waals surface area contributed by atoms with Gasteiger partial charge in [-0.1, -0.05) is 30.3 Å². The molecule has 24 heavy (non-hydrogen) atoms. The van der Waals surface area contributed by atoms with Gasteiger partial charge in [-0.2, -0.15) is 0 Å². The number of halogens is 1. The molecule has 1 fully saturated rings. The molecule has 0 aliphatic carbocycles. The maximum atomic E-state index is 13.7. The molecule has 6 heteroatoms. The van der Waals surface area contributed by atoms with Crippen molar-refractivity contribution in [3.05, 3.63) is 66.0 Å². The topological polar surface area (TPSA) is 54.5 Å². The molecule has 1 saturated heterocycles. The van der Waals surface area contributed by atoms with Crippen molar-refractivity contribution in [3.63, 3.8) is 0 Å². The molecule has 0 N–H and O–H groups in total. The van der Waals surface area contributed by atoms with Gasteiger partial charge in [0.05, 0.1) is 15.7 Å². The van der Waals surface area contributed by atoms with E-state index < -0.39 is 20.9 Å². The van der Waals surface area contributed by atoms with E-state index in [-0.39, 0.29) is 11.5 Å². The fourth-order valence-electron chi connectivity index (χ4n) is 2.98.